The summed E-state index contributed by atoms with van der Waals surface area (Å²) >= 11 is 0. The van der Waals surface area contributed by atoms with Gasteiger partial charge in [0, 0.05) is 12.2 Å². The van der Waals surface area contributed by atoms with E-state index in [1.54, 1.807) is 12.1 Å². The molecule has 8 heteroatoms. The molecule has 0 fully saturated rings. The van der Waals surface area contributed by atoms with Crippen LogP contribution in [0, 0.1) is 5.82 Å². The van der Waals surface area contributed by atoms with Gasteiger partial charge in [-0.3, -0.25) is 0 Å². The van der Waals surface area contributed by atoms with Crippen LogP contribution in [0.5, 0.6) is 0 Å². The summed E-state index contributed by atoms with van der Waals surface area (Å²) < 4.78 is 35.0. The van der Waals surface area contributed by atoms with Gasteiger partial charge in [-0.25, -0.2) is 22.7 Å². The first-order valence-corrected chi connectivity index (χ1v) is 8.31. The molecule has 2 aromatic carbocycles. The van der Waals surface area contributed by atoms with Crippen LogP contribution in [0.4, 0.5) is 14.9 Å². The Bertz CT molecular complexity index is 775. The van der Waals surface area contributed by atoms with Crippen molar-refractivity contribution < 1.29 is 17.6 Å². The van der Waals surface area contributed by atoms with E-state index in [0.29, 0.717) is 18.7 Å². The highest BCUT2D eigenvalue weighted by atomic mass is 32.2. The van der Waals surface area contributed by atoms with E-state index in [9.17, 15) is 17.6 Å². The zero-order valence-corrected chi connectivity index (χ0v) is 12.9. The first kappa shape index (κ1) is 16.9. The third-order valence-electron chi connectivity index (χ3n) is 3.05. The van der Waals surface area contributed by atoms with Crippen LogP contribution in [0.15, 0.2) is 53.4 Å². The van der Waals surface area contributed by atoms with Gasteiger partial charge in [-0.05, 0) is 48.4 Å². The molecule has 0 aromatic heterocycles. The number of rotatable bonds is 5. The predicted molar refractivity (Wildman–Crippen MR) is 84.9 cm³/mol. The highest BCUT2D eigenvalue weighted by Gasteiger charge is 2.07. The van der Waals surface area contributed by atoms with Crippen molar-refractivity contribution >= 4 is 21.7 Å². The Morgan fingerprint density at radius 3 is 2.22 bits per heavy atom. The quantitative estimate of drug-likeness (QED) is 0.776. The first-order valence-electron chi connectivity index (χ1n) is 6.77. The molecule has 0 spiro atoms. The van der Waals surface area contributed by atoms with E-state index in [4.69, 9.17) is 5.14 Å². The molecule has 0 radical (unpaired) electrons. The molecular formula is C15H16FN3O3S. The van der Waals surface area contributed by atoms with Gasteiger partial charge in [0.25, 0.3) is 0 Å². The van der Waals surface area contributed by atoms with Gasteiger partial charge < -0.3 is 10.6 Å². The number of hydrogen-bond donors (Lipinski definition) is 3. The van der Waals surface area contributed by atoms with E-state index in [1.807, 2.05) is 0 Å². The van der Waals surface area contributed by atoms with E-state index >= 15 is 0 Å². The van der Waals surface area contributed by atoms with Crippen LogP contribution < -0.4 is 15.8 Å². The number of primary sulfonamides is 1. The van der Waals surface area contributed by atoms with Crippen molar-refractivity contribution in [1.82, 2.24) is 5.32 Å². The summed E-state index contributed by atoms with van der Waals surface area (Å²) in [4.78, 5) is 11.7. The van der Waals surface area contributed by atoms with E-state index < -0.39 is 16.1 Å². The highest BCUT2D eigenvalue weighted by Crippen LogP contribution is 2.09. The van der Waals surface area contributed by atoms with Crippen LogP contribution in [0.25, 0.3) is 0 Å². The summed E-state index contributed by atoms with van der Waals surface area (Å²) in [6, 6.07) is 11.1. The lowest BCUT2D eigenvalue weighted by molar-refractivity contribution is 0.252. The fraction of sp³-hybridized carbons (Fsp3) is 0.133. The number of amides is 2. The Morgan fingerprint density at radius 2 is 1.65 bits per heavy atom. The van der Waals surface area contributed by atoms with Gasteiger partial charge in [-0.1, -0.05) is 12.1 Å². The Hall–Kier alpha value is -2.45. The van der Waals surface area contributed by atoms with Crippen LogP contribution in [0.3, 0.4) is 0 Å². The number of carbonyl (C=O) groups excluding carboxylic acids is 1. The fourth-order valence-electron chi connectivity index (χ4n) is 1.87. The number of carbonyl (C=O) groups is 1. The molecule has 0 atom stereocenters. The summed E-state index contributed by atoms with van der Waals surface area (Å²) in [7, 11) is -3.70. The molecule has 122 valence electrons. The molecule has 0 saturated heterocycles. The highest BCUT2D eigenvalue weighted by molar-refractivity contribution is 7.89. The maximum Gasteiger partial charge on any atom is 0.319 e. The molecule has 2 aromatic rings. The summed E-state index contributed by atoms with van der Waals surface area (Å²) in [6.45, 7) is 0.363. The van der Waals surface area contributed by atoms with Gasteiger partial charge in [0.1, 0.15) is 5.82 Å². The number of sulfonamides is 1. The van der Waals surface area contributed by atoms with Gasteiger partial charge in [-0.15, -0.1) is 0 Å². The number of hydrogen-bond acceptors (Lipinski definition) is 3. The number of halogens is 1. The third-order valence-corrected chi connectivity index (χ3v) is 3.98. The standard InChI is InChI=1S/C15H16FN3O3S/c16-12-3-5-13(6-4-12)19-15(20)18-10-9-11-1-7-14(8-2-11)23(17,21)22/h1-8H,9-10H2,(H2,17,21,22)(H2,18,19,20). The van der Waals surface area contributed by atoms with E-state index in [0.717, 1.165) is 5.56 Å². The van der Waals surface area contributed by atoms with Crippen LogP contribution >= 0.6 is 0 Å². The fourth-order valence-corrected chi connectivity index (χ4v) is 2.39. The van der Waals surface area contributed by atoms with Crippen molar-refractivity contribution in [2.75, 3.05) is 11.9 Å². The van der Waals surface area contributed by atoms with Gasteiger partial charge in [0.2, 0.25) is 10.0 Å². The Kier molecular flexibility index (Phi) is 5.30. The van der Waals surface area contributed by atoms with Gasteiger partial charge in [0.15, 0.2) is 0 Å². The molecule has 6 nitrogen and oxygen atoms in total. The lowest BCUT2D eigenvalue weighted by atomic mass is 10.1. The second kappa shape index (κ2) is 7.21. The minimum Gasteiger partial charge on any atom is -0.338 e. The molecule has 0 bridgehead atoms. The number of benzene rings is 2. The zero-order valence-electron chi connectivity index (χ0n) is 12.1. The molecule has 0 saturated carbocycles. The SMILES string of the molecule is NS(=O)(=O)c1ccc(CCNC(=O)Nc2ccc(F)cc2)cc1. The monoisotopic (exact) mass is 337 g/mol. The minimum atomic E-state index is -3.70. The van der Waals surface area contributed by atoms with Crippen LogP contribution in [0.1, 0.15) is 5.56 Å². The number of urea groups is 1. The average Bonchev–Trinajstić information content (AvgIpc) is 2.49. The van der Waals surface area contributed by atoms with Crippen molar-refractivity contribution in [1.29, 1.82) is 0 Å². The van der Waals surface area contributed by atoms with Crippen LogP contribution in [0.2, 0.25) is 0 Å². The predicted octanol–water partition coefficient (Wildman–Crippen LogP) is 1.84. The summed E-state index contributed by atoms with van der Waals surface area (Å²) in [5.74, 6) is -0.376. The normalized spacial score (nSPS) is 11.0. The summed E-state index contributed by atoms with van der Waals surface area (Å²) in [5, 5.41) is 10.2. The third kappa shape index (κ3) is 5.35. The molecule has 0 aliphatic rings. The van der Waals surface area contributed by atoms with Gasteiger partial charge in [-0.2, -0.15) is 0 Å². The Morgan fingerprint density at radius 1 is 1.04 bits per heavy atom. The van der Waals surface area contributed by atoms with Crippen molar-refractivity contribution in [3.05, 3.63) is 59.9 Å². The molecule has 23 heavy (non-hydrogen) atoms. The Labute approximate surface area is 133 Å². The smallest absolute Gasteiger partial charge is 0.319 e. The molecule has 0 unspecified atom stereocenters. The second-order valence-electron chi connectivity index (χ2n) is 4.83. The molecule has 0 heterocycles. The minimum absolute atomic E-state index is 0.0447. The maximum absolute atomic E-state index is 12.7. The average molecular weight is 337 g/mol. The van der Waals surface area contributed by atoms with Crippen molar-refractivity contribution in [3.8, 4) is 0 Å². The molecule has 0 aliphatic heterocycles. The van der Waals surface area contributed by atoms with E-state index in [1.165, 1.54) is 36.4 Å². The van der Waals surface area contributed by atoms with Gasteiger partial charge in [0.05, 0.1) is 4.90 Å². The molecular weight excluding hydrogens is 321 g/mol. The van der Waals surface area contributed by atoms with Crippen LogP contribution in [-0.2, 0) is 16.4 Å². The number of nitrogens with one attached hydrogen (secondary N) is 2. The Balaban J connectivity index is 1.80. The van der Waals surface area contributed by atoms with E-state index in [2.05, 4.69) is 10.6 Å². The number of anilines is 1. The topological polar surface area (TPSA) is 101 Å². The second-order valence-corrected chi connectivity index (χ2v) is 6.39. The van der Waals surface area contributed by atoms with E-state index in [-0.39, 0.29) is 10.7 Å². The summed E-state index contributed by atoms with van der Waals surface area (Å²) in [6.07, 6.45) is 0.530. The maximum atomic E-state index is 12.7. The van der Waals surface area contributed by atoms with Crippen molar-refractivity contribution in [2.24, 2.45) is 5.14 Å². The zero-order chi connectivity index (χ0) is 16.9. The van der Waals surface area contributed by atoms with Gasteiger partial charge >= 0.3 is 6.03 Å². The number of nitrogens with two attached hydrogens (primary N) is 1. The molecule has 2 amide bonds. The van der Waals surface area contributed by atoms with Crippen molar-refractivity contribution in [2.45, 2.75) is 11.3 Å². The first-order chi connectivity index (χ1) is 10.8. The van der Waals surface area contributed by atoms with Crippen molar-refractivity contribution in [3.63, 3.8) is 0 Å². The van der Waals surface area contributed by atoms with Crippen LogP contribution in [-0.4, -0.2) is 21.0 Å². The lowest BCUT2D eigenvalue weighted by Crippen LogP contribution is -2.30. The lowest BCUT2D eigenvalue weighted by Gasteiger charge is -2.08. The molecule has 2 rings (SSSR count). The molecule has 4 N–H and O–H groups in total. The largest absolute Gasteiger partial charge is 0.338 e. The summed E-state index contributed by atoms with van der Waals surface area (Å²) in [5.41, 5.74) is 1.35. The molecule has 0 aliphatic carbocycles.